The predicted octanol–water partition coefficient (Wildman–Crippen LogP) is 2.31. The standard InChI is InChI=1S/C18H24N2O3S/c1-19-16(21)11-14(17(22)23)18(19)7-9-20(10-8-18)12-13-5-3-4-6-15(13)24-2/h3-6,14H,7-12H2,1-2H3,(H,22,23). The number of benzene rings is 1. The van der Waals surface area contributed by atoms with Crippen LogP contribution in [-0.4, -0.2) is 58.7 Å². The molecule has 0 aromatic heterocycles. The minimum atomic E-state index is -0.839. The number of carboxylic acid groups (broad SMARTS) is 1. The molecule has 130 valence electrons. The van der Waals surface area contributed by atoms with E-state index in [4.69, 9.17) is 0 Å². The summed E-state index contributed by atoms with van der Waals surface area (Å²) in [5.41, 5.74) is 0.810. The average Bonchev–Trinajstić information content (AvgIpc) is 2.83. The molecule has 1 spiro atoms. The third-order valence-corrected chi connectivity index (χ3v) is 6.51. The zero-order chi connectivity index (χ0) is 17.3. The Morgan fingerprint density at radius 2 is 2.00 bits per heavy atom. The molecule has 6 heteroatoms. The number of hydrogen-bond donors (Lipinski definition) is 1. The van der Waals surface area contributed by atoms with E-state index in [2.05, 4.69) is 35.4 Å². The Morgan fingerprint density at radius 3 is 2.62 bits per heavy atom. The van der Waals surface area contributed by atoms with Crippen LogP contribution < -0.4 is 0 Å². The molecule has 2 saturated heterocycles. The highest BCUT2D eigenvalue weighted by molar-refractivity contribution is 7.98. The number of carbonyl (C=O) groups excluding carboxylic acids is 1. The zero-order valence-corrected chi connectivity index (χ0v) is 15.0. The second-order valence-electron chi connectivity index (χ2n) is 6.74. The second kappa shape index (κ2) is 6.76. The highest BCUT2D eigenvalue weighted by Gasteiger charge is 2.55. The summed E-state index contributed by atoms with van der Waals surface area (Å²) in [5, 5.41) is 9.54. The first-order valence-corrected chi connectivity index (χ1v) is 9.54. The van der Waals surface area contributed by atoms with Crippen molar-refractivity contribution in [3.05, 3.63) is 29.8 Å². The lowest BCUT2D eigenvalue weighted by atomic mass is 9.77. The molecule has 0 bridgehead atoms. The van der Waals surface area contributed by atoms with Crippen LogP contribution in [0.15, 0.2) is 29.2 Å². The molecule has 24 heavy (non-hydrogen) atoms. The maximum Gasteiger partial charge on any atom is 0.309 e. The summed E-state index contributed by atoms with van der Waals surface area (Å²) in [6, 6.07) is 8.40. The van der Waals surface area contributed by atoms with Crippen molar-refractivity contribution >= 4 is 23.6 Å². The van der Waals surface area contributed by atoms with Crippen LogP contribution in [0.5, 0.6) is 0 Å². The van der Waals surface area contributed by atoms with Crippen molar-refractivity contribution < 1.29 is 14.7 Å². The predicted molar refractivity (Wildman–Crippen MR) is 94.0 cm³/mol. The van der Waals surface area contributed by atoms with Crippen molar-refractivity contribution in [2.45, 2.75) is 36.2 Å². The van der Waals surface area contributed by atoms with Gasteiger partial charge in [-0.25, -0.2) is 0 Å². The van der Waals surface area contributed by atoms with E-state index in [-0.39, 0.29) is 12.3 Å². The van der Waals surface area contributed by atoms with Crippen LogP contribution in [0.4, 0.5) is 0 Å². The number of carboxylic acids is 1. The zero-order valence-electron chi connectivity index (χ0n) is 14.2. The molecule has 3 rings (SSSR count). The minimum absolute atomic E-state index is 0.0384. The number of hydrogen-bond acceptors (Lipinski definition) is 4. The maximum atomic E-state index is 12.1. The van der Waals surface area contributed by atoms with Gasteiger partial charge in [-0.2, -0.15) is 0 Å². The van der Waals surface area contributed by atoms with Crippen molar-refractivity contribution in [3.8, 4) is 0 Å². The topological polar surface area (TPSA) is 60.9 Å². The summed E-state index contributed by atoms with van der Waals surface area (Å²) >= 11 is 1.75. The van der Waals surface area contributed by atoms with Crippen LogP contribution >= 0.6 is 11.8 Å². The Bertz CT molecular complexity index is 641. The number of carbonyl (C=O) groups is 2. The molecule has 1 amide bonds. The molecule has 1 aromatic carbocycles. The van der Waals surface area contributed by atoms with E-state index in [0.717, 1.165) is 32.5 Å². The maximum absolute atomic E-state index is 12.1. The Labute approximate surface area is 147 Å². The van der Waals surface area contributed by atoms with Crippen LogP contribution in [0.3, 0.4) is 0 Å². The molecule has 2 aliphatic rings. The lowest BCUT2D eigenvalue weighted by Gasteiger charge is -2.45. The van der Waals surface area contributed by atoms with Gasteiger partial charge in [-0.15, -0.1) is 11.8 Å². The van der Waals surface area contributed by atoms with E-state index < -0.39 is 17.4 Å². The van der Waals surface area contributed by atoms with E-state index in [1.54, 1.807) is 23.7 Å². The van der Waals surface area contributed by atoms with Gasteiger partial charge in [0.2, 0.25) is 5.91 Å². The Balaban J connectivity index is 1.71. The van der Waals surface area contributed by atoms with Crippen molar-refractivity contribution in [3.63, 3.8) is 0 Å². The van der Waals surface area contributed by atoms with Crippen LogP contribution in [0, 0.1) is 5.92 Å². The van der Waals surface area contributed by atoms with E-state index in [0.29, 0.717) is 0 Å². The molecule has 0 radical (unpaired) electrons. The molecular formula is C18H24N2O3S. The summed E-state index contributed by atoms with van der Waals surface area (Å²) < 4.78 is 0. The van der Waals surface area contributed by atoms with Crippen LogP contribution in [0.1, 0.15) is 24.8 Å². The summed E-state index contributed by atoms with van der Waals surface area (Å²) in [6.07, 6.45) is 3.68. The highest BCUT2D eigenvalue weighted by atomic mass is 32.2. The largest absolute Gasteiger partial charge is 0.481 e. The molecular weight excluding hydrogens is 324 g/mol. The smallest absolute Gasteiger partial charge is 0.309 e. The van der Waals surface area contributed by atoms with Gasteiger partial charge < -0.3 is 10.0 Å². The molecule has 1 unspecified atom stereocenters. The first-order valence-electron chi connectivity index (χ1n) is 8.31. The van der Waals surface area contributed by atoms with Gasteiger partial charge in [-0.3, -0.25) is 14.5 Å². The van der Waals surface area contributed by atoms with Crippen molar-refractivity contribution in [1.29, 1.82) is 0 Å². The third kappa shape index (κ3) is 2.93. The SMILES string of the molecule is CSc1ccccc1CN1CCC2(CC1)C(C(=O)O)CC(=O)N2C. The Morgan fingerprint density at radius 1 is 1.33 bits per heavy atom. The van der Waals surface area contributed by atoms with Gasteiger partial charge in [0, 0.05) is 38.0 Å². The Kier molecular flexibility index (Phi) is 4.88. The normalized spacial score (nSPS) is 23.8. The molecule has 5 nitrogen and oxygen atoms in total. The monoisotopic (exact) mass is 348 g/mol. The average molecular weight is 348 g/mol. The molecule has 0 aliphatic carbocycles. The molecule has 2 heterocycles. The molecule has 1 aromatic rings. The molecule has 2 fully saturated rings. The number of amides is 1. The number of aliphatic carboxylic acids is 1. The van der Waals surface area contributed by atoms with E-state index in [1.165, 1.54) is 10.5 Å². The van der Waals surface area contributed by atoms with Gasteiger partial charge in [0.15, 0.2) is 0 Å². The second-order valence-corrected chi connectivity index (χ2v) is 7.59. The number of piperidine rings is 1. The minimum Gasteiger partial charge on any atom is -0.481 e. The first-order chi connectivity index (χ1) is 11.5. The Hall–Kier alpha value is -1.53. The highest BCUT2D eigenvalue weighted by Crippen LogP contribution is 2.43. The van der Waals surface area contributed by atoms with Gasteiger partial charge in [0.05, 0.1) is 11.5 Å². The number of nitrogens with zero attached hydrogens (tertiary/aromatic N) is 2. The van der Waals surface area contributed by atoms with Crippen molar-refractivity contribution in [2.24, 2.45) is 5.92 Å². The fraction of sp³-hybridized carbons (Fsp3) is 0.556. The molecule has 2 aliphatic heterocycles. The molecule has 1 atom stereocenters. The van der Waals surface area contributed by atoms with E-state index in [1.807, 2.05) is 0 Å². The summed E-state index contributed by atoms with van der Waals surface area (Å²) in [5.74, 6) is -1.45. The van der Waals surface area contributed by atoms with E-state index in [9.17, 15) is 14.7 Å². The fourth-order valence-electron chi connectivity index (χ4n) is 4.16. The lowest BCUT2D eigenvalue weighted by Crippen LogP contribution is -2.55. The molecule has 0 saturated carbocycles. The quantitative estimate of drug-likeness (QED) is 0.846. The summed E-state index contributed by atoms with van der Waals surface area (Å²) in [7, 11) is 1.77. The van der Waals surface area contributed by atoms with Crippen LogP contribution in [0.25, 0.3) is 0 Å². The van der Waals surface area contributed by atoms with Crippen molar-refractivity contribution in [1.82, 2.24) is 9.80 Å². The number of rotatable bonds is 4. The number of thioether (sulfide) groups is 1. The van der Waals surface area contributed by atoms with Crippen LogP contribution in [-0.2, 0) is 16.1 Å². The number of likely N-dealkylation sites (tertiary alicyclic amines) is 2. The van der Waals surface area contributed by atoms with Gasteiger partial charge >= 0.3 is 5.97 Å². The van der Waals surface area contributed by atoms with Gasteiger partial charge in [-0.1, -0.05) is 18.2 Å². The third-order valence-electron chi connectivity index (χ3n) is 5.68. The van der Waals surface area contributed by atoms with Gasteiger partial charge in [-0.05, 0) is 30.7 Å². The van der Waals surface area contributed by atoms with Gasteiger partial charge in [0.1, 0.15) is 0 Å². The lowest BCUT2D eigenvalue weighted by molar-refractivity contribution is -0.146. The van der Waals surface area contributed by atoms with Gasteiger partial charge in [0.25, 0.3) is 0 Å². The van der Waals surface area contributed by atoms with Crippen molar-refractivity contribution in [2.75, 3.05) is 26.4 Å². The fourth-order valence-corrected chi connectivity index (χ4v) is 4.77. The summed E-state index contributed by atoms with van der Waals surface area (Å²) in [4.78, 5) is 29.1. The van der Waals surface area contributed by atoms with Crippen LogP contribution in [0.2, 0.25) is 0 Å². The van der Waals surface area contributed by atoms with E-state index >= 15 is 0 Å². The molecule has 1 N–H and O–H groups in total. The summed E-state index contributed by atoms with van der Waals surface area (Å²) in [6.45, 7) is 2.52. The first kappa shape index (κ1) is 17.3.